The average Bonchev–Trinajstić information content (AvgIpc) is 2.83. The van der Waals surface area contributed by atoms with Crippen LogP contribution >= 0.6 is 7.82 Å². The van der Waals surface area contributed by atoms with Crippen molar-refractivity contribution in [2.45, 2.75) is 31.8 Å². The molecule has 1 aromatic heterocycles. The molecule has 0 spiro atoms. The van der Waals surface area contributed by atoms with Crippen molar-refractivity contribution in [3.63, 3.8) is 0 Å². The van der Waals surface area contributed by atoms with E-state index in [1.54, 1.807) is 19.1 Å². The molecule has 0 saturated carbocycles. The van der Waals surface area contributed by atoms with Gasteiger partial charge in [0.05, 0.1) is 19.8 Å². The van der Waals surface area contributed by atoms with Crippen molar-refractivity contribution in [2.75, 3.05) is 19.8 Å². The Morgan fingerprint density at radius 3 is 2.68 bits per heavy atom. The van der Waals surface area contributed by atoms with Crippen LogP contribution in [0.3, 0.4) is 0 Å². The van der Waals surface area contributed by atoms with E-state index in [0.717, 1.165) is 0 Å². The zero-order chi connectivity index (χ0) is 18.0. The summed E-state index contributed by atoms with van der Waals surface area (Å²) in [6.07, 6.45) is 2.39. The van der Waals surface area contributed by atoms with E-state index in [-0.39, 0.29) is 19.6 Å². The first-order valence-corrected chi connectivity index (χ1v) is 9.19. The summed E-state index contributed by atoms with van der Waals surface area (Å²) >= 11 is 0. The lowest BCUT2D eigenvalue weighted by molar-refractivity contribution is -0.0470. The van der Waals surface area contributed by atoms with Crippen molar-refractivity contribution < 1.29 is 28.0 Å². The monoisotopic (exact) mass is 374 g/mol. The number of nitrogens with zero attached hydrogens (tertiary/aromatic N) is 1. The molecule has 0 aromatic carbocycles. The summed E-state index contributed by atoms with van der Waals surface area (Å²) in [6, 6.07) is 0. The Kier molecular flexibility index (Phi) is 5.38. The molecule has 0 radical (unpaired) electrons. The van der Waals surface area contributed by atoms with Gasteiger partial charge in [-0.2, -0.15) is 0 Å². The van der Waals surface area contributed by atoms with Crippen LogP contribution in [-0.4, -0.2) is 46.7 Å². The Balaban J connectivity index is 1.79. The Bertz CT molecular complexity index is 802. The summed E-state index contributed by atoms with van der Waals surface area (Å²) in [5.74, 6) is 0. The number of aryl methyl sites for hydroxylation is 1. The van der Waals surface area contributed by atoms with Gasteiger partial charge in [0.1, 0.15) is 18.4 Å². The fraction of sp³-hybridized carbons (Fsp3) is 0.571. The predicted molar refractivity (Wildman–Crippen MR) is 85.2 cm³/mol. The molecule has 2 N–H and O–H groups in total. The van der Waals surface area contributed by atoms with Gasteiger partial charge in [-0.15, -0.1) is 0 Å². The molecule has 0 bridgehead atoms. The van der Waals surface area contributed by atoms with E-state index >= 15 is 0 Å². The molecule has 0 unspecified atom stereocenters. The molecule has 25 heavy (non-hydrogen) atoms. The van der Waals surface area contributed by atoms with Gasteiger partial charge in [0.25, 0.3) is 5.56 Å². The first-order valence-electron chi connectivity index (χ1n) is 7.73. The summed E-state index contributed by atoms with van der Waals surface area (Å²) in [4.78, 5) is 25.7. The summed E-state index contributed by atoms with van der Waals surface area (Å²) in [7, 11) is -3.80. The van der Waals surface area contributed by atoms with Crippen molar-refractivity contribution in [3.05, 3.63) is 44.8 Å². The Morgan fingerprint density at radius 2 is 2.04 bits per heavy atom. The van der Waals surface area contributed by atoms with E-state index in [0.29, 0.717) is 5.56 Å². The van der Waals surface area contributed by atoms with Gasteiger partial charge in [-0.1, -0.05) is 12.2 Å². The fourth-order valence-electron chi connectivity index (χ4n) is 2.61. The first kappa shape index (κ1) is 18.2. The van der Waals surface area contributed by atoms with Crippen LogP contribution < -0.4 is 11.2 Å². The van der Waals surface area contributed by atoms with Gasteiger partial charge in [0.2, 0.25) is 0 Å². The third kappa shape index (κ3) is 4.00. The average molecular weight is 374 g/mol. The normalized spacial score (nSPS) is 28.8. The SMILES string of the molecule is Cc1cn([C@H]2C[C@H](OP3(=O)OCC=CCO3)[C@@H](CO)O2)c(=O)[nH]c1=O. The second-order valence-electron chi connectivity index (χ2n) is 5.68. The molecule has 0 amide bonds. The largest absolute Gasteiger partial charge is 0.475 e. The lowest BCUT2D eigenvalue weighted by Crippen LogP contribution is -2.33. The summed E-state index contributed by atoms with van der Waals surface area (Å²) in [6.45, 7) is 1.31. The third-order valence-electron chi connectivity index (χ3n) is 3.91. The molecular formula is C14H19N2O8P. The van der Waals surface area contributed by atoms with E-state index in [4.69, 9.17) is 18.3 Å². The number of phosphoric ester groups is 1. The van der Waals surface area contributed by atoms with Gasteiger partial charge in [-0.25, -0.2) is 9.36 Å². The zero-order valence-corrected chi connectivity index (χ0v) is 14.4. The lowest BCUT2D eigenvalue weighted by Gasteiger charge is -2.21. The second kappa shape index (κ2) is 7.36. The third-order valence-corrected chi connectivity index (χ3v) is 5.37. The highest BCUT2D eigenvalue weighted by Gasteiger charge is 2.43. The molecule has 0 aliphatic carbocycles. The van der Waals surface area contributed by atoms with Gasteiger partial charge in [-0.3, -0.25) is 27.9 Å². The number of hydrogen-bond acceptors (Lipinski definition) is 8. The molecule has 1 saturated heterocycles. The van der Waals surface area contributed by atoms with Crippen LogP contribution in [0.4, 0.5) is 0 Å². The molecule has 138 valence electrons. The number of H-pyrrole nitrogens is 1. The number of phosphoric acid groups is 1. The van der Waals surface area contributed by atoms with E-state index in [9.17, 15) is 19.3 Å². The number of nitrogens with one attached hydrogen (secondary N) is 1. The molecule has 11 heteroatoms. The number of aromatic amines is 1. The van der Waals surface area contributed by atoms with E-state index in [1.165, 1.54) is 10.8 Å². The van der Waals surface area contributed by atoms with Crippen LogP contribution in [0, 0.1) is 6.92 Å². The van der Waals surface area contributed by atoms with E-state index in [2.05, 4.69) is 4.98 Å². The number of rotatable bonds is 4. The lowest BCUT2D eigenvalue weighted by atomic mass is 10.2. The molecule has 10 nitrogen and oxygen atoms in total. The Hall–Kier alpha value is -1.55. The van der Waals surface area contributed by atoms with Crippen molar-refractivity contribution >= 4 is 7.82 Å². The van der Waals surface area contributed by atoms with Crippen LogP contribution in [-0.2, 0) is 22.9 Å². The number of hydrogen-bond donors (Lipinski definition) is 2. The highest BCUT2D eigenvalue weighted by molar-refractivity contribution is 7.48. The summed E-state index contributed by atoms with van der Waals surface area (Å²) in [5, 5.41) is 9.50. The molecule has 2 aliphatic rings. The van der Waals surface area contributed by atoms with Crippen LogP contribution in [0.1, 0.15) is 18.2 Å². The Labute approximate surface area is 142 Å². The van der Waals surface area contributed by atoms with Gasteiger partial charge < -0.3 is 9.84 Å². The maximum atomic E-state index is 12.5. The molecule has 1 aromatic rings. The highest BCUT2D eigenvalue weighted by atomic mass is 31.2. The maximum absolute atomic E-state index is 12.5. The minimum Gasteiger partial charge on any atom is -0.394 e. The molecule has 1 fully saturated rings. The highest BCUT2D eigenvalue weighted by Crippen LogP contribution is 2.53. The van der Waals surface area contributed by atoms with E-state index in [1.807, 2.05) is 0 Å². The van der Waals surface area contributed by atoms with Crippen molar-refractivity contribution in [2.24, 2.45) is 0 Å². The van der Waals surface area contributed by atoms with E-state index < -0.39 is 44.1 Å². The standard InChI is InChI=1S/C14H19N2O8P/c1-9-7-16(14(19)15-13(9)18)12-6-10(11(8-17)23-12)24-25(20)21-4-2-3-5-22-25/h2-3,7,10-12,17H,4-6,8H2,1H3,(H,15,18,19)/t10-,11+,12+/m0/s1. The van der Waals surface area contributed by atoms with Crippen molar-refractivity contribution in [1.82, 2.24) is 9.55 Å². The Morgan fingerprint density at radius 1 is 1.36 bits per heavy atom. The molecular weight excluding hydrogens is 355 g/mol. The van der Waals surface area contributed by atoms with Crippen molar-refractivity contribution in [3.8, 4) is 0 Å². The van der Waals surface area contributed by atoms with Crippen molar-refractivity contribution in [1.29, 1.82) is 0 Å². The molecule has 3 atom stereocenters. The zero-order valence-electron chi connectivity index (χ0n) is 13.5. The summed E-state index contributed by atoms with van der Waals surface area (Å²) in [5.41, 5.74) is -0.791. The quantitative estimate of drug-likeness (QED) is 0.566. The smallest absolute Gasteiger partial charge is 0.394 e. The minimum atomic E-state index is -3.80. The summed E-state index contributed by atoms with van der Waals surface area (Å²) < 4.78 is 35.0. The van der Waals surface area contributed by atoms with Gasteiger partial charge >= 0.3 is 13.5 Å². The maximum Gasteiger partial charge on any atom is 0.475 e. The predicted octanol–water partition coefficient (Wildman–Crippen LogP) is 0.221. The minimum absolute atomic E-state index is 0.0800. The first-order chi connectivity index (χ1) is 11.9. The van der Waals surface area contributed by atoms with Crippen LogP contribution in [0.5, 0.6) is 0 Å². The van der Waals surface area contributed by atoms with Crippen LogP contribution in [0.25, 0.3) is 0 Å². The molecule has 3 rings (SSSR count). The number of aliphatic hydroxyl groups is 1. The number of aliphatic hydroxyl groups excluding tert-OH is 1. The van der Waals surface area contributed by atoms with Gasteiger partial charge in [0, 0.05) is 18.2 Å². The van der Waals surface area contributed by atoms with Crippen LogP contribution in [0.2, 0.25) is 0 Å². The van der Waals surface area contributed by atoms with Gasteiger partial charge in [-0.05, 0) is 6.92 Å². The molecule has 2 aliphatic heterocycles. The second-order valence-corrected chi connectivity index (χ2v) is 7.30. The molecule has 3 heterocycles. The number of ether oxygens (including phenoxy) is 1. The number of aromatic nitrogens is 2. The topological polar surface area (TPSA) is 129 Å². The van der Waals surface area contributed by atoms with Crippen LogP contribution in [0.15, 0.2) is 27.9 Å². The fourth-order valence-corrected chi connectivity index (χ4v) is 3.90. The van der Waals surface area contributed by atoms with Gasteiger partial charge in [0.15, 0.2) is 0 Å².